The fourth-order valence-electron chi connectivity index (χ4n) is 5.94. The summed E-state index contributed by atoms with van der Waals surface area (Å²) in [7, 11) is 0. The number of alkyl halides is 2. The number of Topliss-reactive ketones (excluding diaryl/α,β-unsaturated/α-hetero) is 1. The lowest BCUT2D eigenvalue weighted by Gasteiger charge is -2.36. The molecule has 12 heteroatoms. The average Bonchev–Trinajstić information content (AvgIpc) is 3.24. The highest BCUT2D eigenvalue weighted by Gasteiger charge is 2.74. The van der Waals surface area contributed by atoms with Crippen LogP contribution in [0.1, 0.15) is 72.1 Å². The fourth-order valence-corrected chi connectivity index (χ4v) is 6.77. The molecule has 2 unspecified atom stereocenters. The molecule has 3 rings (SSSR count). The van der Waals surface area contributed by atoms with Gasteiger partial charge in [0, 0.05) is 24.9 Å². The number of piperidine rings is 1. The zero-order valence-corrected chi connectivity index (χ0v) is 26.3. The molecular formula is C30H44Cl2N4O6. The van der Waals surface area contributed by atoms with Gasteiger partial charge in [0.25, 0.3) is 5.91 Å². The van der Waals surface area contributed by atoms with Crippen molar-refractivity contribution in [2.75, 3.05) is 13.1 Å². The van der Waals surface area contributed by atoms with Crippen LogP contribution in [-0.2, 0) is 23.9 Å². The number of fused-ring (bicyclic) bond motifs is 1. The number of halogens is 2. The van der Waals surface area contributed by atoms with E-state index in [1.807, 2.05) is 0 Å². The Morgan fingerprint density at radius 2 is 1.67 bits per heavy atom. The van der Waals surface area contributed by atoms with Gasteiger partial charge in [0.15, 0.2) is 0 Å². The molecule has 1 aliphatic heterocycles. The zero-order chi connectivity index (χ0) is 31.2. The molecule has 5 atom stereocenters. The minimum absolute atomic E-state index is 0.126. The summed E-state index contributed by atoms with van der Waals surface area (Å²) in [6, 6.07) is -3.11. The Morgan fingerprint density at radius 1 is 1.02 bits per heavy atom. The van der Waals surface area contributed by atoms with Gasteiger partial charge in [-0.15, -0.1) is 36.4 Å². The Morgan fingerprint density at radius 3 is 2.26 bits per heavy atom. The minimum Gasteiger partial charge on any atom is -0.444 e. The highest BCUT2D eigenvalue weighted by atomic mass is 35.5. The summed E-state index contributed by atoms with van der Waals surface area (Å²) in [4.78, 5) is 67.6. The smallest absolute Gasteiger partial charge is 0.408 e. The molecule has 10 nitrogen and oxygen atoms in total. The lowest BCUT2D eigenvalue weighted by atomic mass is 9.83. The van der Waals surface area contributed by atoms with Crippen LogP contribution in [-0.4, -0.2) is 75.6 Å². The van der Waals surface area contributed by atoms with E-state index in [4.69, 9.17) is 27.9 Å². The molecule has 0 aromatic rings. The van der Waals surface area contributed by atoms with Crippen LogP contribution in [0.15, 0.2) is 25.3 Å². The standard InChI is InChI=1S/C30H44Cl2N4O6/c1-6-8-15-20(24(37)26(39)33-16-9-7-2)34-25(38)23-21-19(30(21,31)32)17-36(23)27(40)22(18-13-11-10-12-14-18)35-28(41)42-29(3,4)5/h6-7,18-23H,1-2,8-17H2,3-5H3,(H,33,39)(H,34,38)(H,35,41)/t19-,20?,21-,22?,23+/m1/s1. The van der Waals surface area contributed by atoms with Crippen molar-refractivity contribution in [1.82, 2.24) is 20.9 Å². The van der Waals surface area contributed by atoms with Gasteiger partial charge in [-0.25, -0.2) is 4.79 Å². The van der Waals surface area contributed by atoms with Crippen molar-refractivity contribution in [3.8, 4) is 0 Å². The molecule has 2 aliphatic carbocycles. The second-order valence-electron chi connectivity index (χ2n) is 12.4. The molecule has 42 heavy (non-hydrogen) atoms. The highest BCUT2D eigenvalue weighted by Crippen LogP contribution is 2.65. The normalized spacial score (nSPS) is 24.4. The topological polar surface area (TPSA) is 134 Å². The molecule has 0 radical (unpaired) electrons. The number of hydrogen-bond donors (Lipinski definition) is 3. The number of rotatable bonds is 13. The number of ether oxygens (including phenoxy) is 1. The first-order valence-corrected chi connectivity index (χ1v) is 15.5. The molecule has 0 aromatic carbocycles. The molecule has 3 fully saturated rings. The number of amides is 4. The SMILES string of the molecule is C=CCCNC(=O)C(=O)C(CCC=C)NC(=O)[C@@H]1[C@H]2[C@@H](CN1C(=O)C(NC(=O)OC(C)(C)C)C1CCCCC1)C2(Cl)Cl. The number of nitrogens with one attached hydrogen (secondary N) is 3. The van der Waals surface area contributed by atoms with E-state index in [0.29, 0.717) is 12.8 Å². The lowest BCUT2D eigenvalue weighted by molar-refractivity contribution is -0.144. The number of ketones is 1. The molecule has 0 bridgehead atoms. The van der Waals surface area contributed by atoms with E-state index in [1.54, 1.807) is 32.9 Å². The predicted octanol–water partition coefficient (Wildman–Crippen LogP) is 3.80. The molecule has 2 saturated carbocycles. The van der Waals surface area contributed by atoms with Gasteiger partial charge in [-0.1, -0.05) is 31.4 Å². The second kappa shape index (κ2) is 14.3. The quantitative estimate of drug-likeness (QED) is 0.123. The maximum atomic E-state index is 14.1. The van der Waals surface area contributed by atoms with Crippen LogP contribution in [0.3, 0.4) is 0 Å². The second-order valence-corrected chi connectivity index (χ2v) is 13.8. The van der Waals surface area contributed by atoms with E-state index in [2.05, 4.69) is 29.1 Å². The number of nitrogens with zero attached hydrogens (tertiary/aromatic N) is 1. The van der Waals surface area contributed by atoms with Crippen molar-refractivity contribution in [2.45, 2.75) is 100 Å². The third-order valence-corrected chi connectivity index (χ3v) is 9.16. The van der Waals surface area contributed by atoms with E-state index >= 15 is 0 Å². The third kappa shape index (κ3) is 8.28. The Kier molecular flexibility index (Phi) is 11.5. The summed E-state index contributed by atoms with van der Waals surface area (Å²) in [5.41, 5.74) is -0.760. The van der Waals surface area contributed by atoms with Crippen molar-refractivity contribution >= 4 is 52.8 Å². The van der Waals surface area contributed by atoms with Crippen LogP contribution in [0, 0.1) is 17.8 Å². The van der Waals surface area contributed by atoms with Crippen LogP contribution in [0.25, 0.3) is 0 Å². The van der Waals surface area contributed by atoms with E-state index in [1.165, 1.54) is 4.90 Å². The summed E-state index contributed by atoms with van der Waals surface area (Å²) in [5, 5.41) is 8.01. The molecule has 3 aliphatic rings. The maximum Gasteiger partial charge on any atom is 0.408 e. The first kappa shape index (κ1) is 33.9. The van der Waals surface area contributed by atoms with Gasteiger partial charge in [0.2, 0.25) is 17.6 Å². The van der Waals surface area contributed by atoms with Crippen LogP contribution < -0.4 is 16.0 Å². The summed E-state index contributed by atoms with van der Waals surface area (Å²) in [6.45, 7) is 12.8. The molecule has 0 spiro atoms. The first-order valence-electron chi connectivity index (χ1n) is 14.7. The monoisotopic (exact) mass is 626 g/mol. The summed E-state index contributed by atoms with van der Waals surface area (Å²) < 4.78 is 4.24. The van der Waals surface area contributed by atoms with E-state index in [0.717, 1.165) is 32.1 Å². The third-order valence-electron chi connectivity index (χ3n) is 8.09. The van der Waals surface area contributed by atoms with E-state index in [-0.39, 0.29) is 31.3 Å². The molecule has 1 saturated heterocycles. The Bertz CT molecular complexity index is 1070. The first-order chi connectivity index (χ1) is 19.7. The molecule has 3 N–H and O–H groups in total. The van der Waals surface area contributed by atoms with Gasteiger partial charge in [-0.2, -0.15) is 0 Å². The summed E-state index contributed by atoms with van der Waals surface area (Å²) in [5.74, 6) is -3.70. The maximum absolute atomic E-state index is 14.1. The average molecular weight is 628 g/mol. The number of carbonyl (C=O) groups is 5. The predicted molar refractivity (Wildman–Crippen MR) is 161 cm³/mol. The van der Waals surface area contributed by atoms with Crippen molar-refractivity contribution in [3.05, 3.63) is 25.3 Å². The van der Waals surface area contributed by atoms with Gasteiger partial charge < -0.3 is 25.6 Å². The molecular weight excluding hydrogens is 583 g/mol. The zero-order valence-electron chi connectivity index (χ0n) is 24.8. The number of likely N-dealkylation sites (tertiary alicyclic amines) is 1. The lowest BCUT2D eigenvalue weighted by Crippen LogP contribution is -2.60. The van der Waals surface area contributed by atoms with E-state index < -0.39 is 63.6 Å². The van der Waals surface area contributed by atoms with Crippen LogP contribution in [0.5, 0.6) is 0 Å². The van der Waals surface area contributed by atoms with Crippen LogP contribution >= 0.6 is 23.2 Å². The minimum atomic E-state index is -1.21. The van der Waals surface area contributed by atoms with Gasteiger partial charge in [-0.3, -0.25) is 19.2 Å². The van der Waals surface area contributed by atoms with Crippen molar-refractivity contribution in [3.63, 3.8) is 0 Å². The number of alkyl carbamates (subject to hydrolysis) is 1. The Balaban J connectivity index is 1.83. The molecule has 4 amide bonds. The van der Waals surface area contributed by atoms with E-state index in [9.17, 15) is 24.0 Å². The summed E-state index contributed by atoms with van der Waals surface area (Å²) in [6.07, 6.45) is 7.88. The largest absolute Gasteiger partial charge is 0.444 e. The van der Waals surface area contributed by atoms with Crippen molar-refractivity contribution < 1.29 is 28.7 Å². The molecule has 0 aromatic heterocycles. The van der Waals surface area contributed by atoms with Crippen molar-refractivity contribution in [2.24, 2.45) is 17.8 Å². The van der Waals surface area contributed by atoms with Gasteiger partial charge in [-0.05, 0) is 58.8 Å². The number of carbonyl (C=O) groups excluding carboxylic acids is 5. The van der Waals surface area contributed by atoms with Gasteiger partial charge >= 0.3 is 6.09 Å². The molecule has 1 heterocycles. The molecule has 234 valence electrons. The van der Waals surface area contributed by atoms with Crippen LogP contribution in [0.4, 0.5) is 4.79 Å². The fraction of sp³-hybridized carbons (Fsp3) is 0.700. The number of allylic oxidation sites excluding steroid dienone is 1. The van der Waals surface area contributed by atoms with Gasteiger partial charge in [0.05, 0.1) is 6.04 Å². The highest BCUT2D eigenvalue weighted by molar-refractivity contribution is 6.51. The van der Waals surface area contributed by atoms with Gasteiger partial charge in [0.1, 0.15) is 22.0 Å². The number of hydrogen-bond acceptors (Lipinski definition) is 6. The van der Waals surface area contributed by atoms with Crippen molar-refractivity contribution in [1.29, 1.82) is 0 Å². The Hall–Kier alpha value is -2.59. The Labute approximate surface area is 258 Å². The van der Waals surface area contributed by atoms with Crippen LogP contribution in [0.2, 0.25) is 0 Å². The summed E-state index contributed by atoms with van der Waals surface area (Å²) >= 11 is 13.0.